The van der Waals surface area contributed by atoms with E-state index in [-0.39, 0.29) is 34.3 Å². The van der Waals surface area contributed by atoms with Gasteiger partial charge in [-0.15, -0.1) is 0 Å². The number of halogens is 1. The summed E-state index contributed by atoms with van der Waals surface area (Å²) >= 11 is 6.10. The van der Waals surface area contributed by atoms with Crippen LogP contribution in [0.5, 0.6) is 0 Å². The van der Waals surface area contributed by atoms with Crippen LogP contribution in [0.4, 0.5) is 11.4 Å². The molecule has 0 fully saturated rings. The Morgan fingerprint density at radius 2 is 1.52 bits per heavy atom. The van der Waals surface area contributed by atoms with Gasteiger partial charge in [-0.25, -0.2) is 16.8 Å². The van der Waals surface area contributed by atoms with Crippen LogP contribution >= 0.6 is 11.6 Å². The molecule has 0 spiro atoms. The Kier molecular flexibility index (Phi) is 8.47. The van der Waals surface area contributed by atoms with Crippen molar-refractivity contribution in [3.05, 3.63) is 53.1 Å². The lowest BCUT2D eigenvalue weighted by atomic mass is 10.2. The van der Waals surface area contributed by atoms with E-state index in [1.54, 1.807) is 32.9 Å². The summed E-state index contributed by atoms with van der Waals surface area (Å²) in [6.07, 6.45) is 0.497. The first-order valence-electron chi connectivity index (χ1n) is 9.75. The normalized spacial score (nSPS) is 12.0. The van der Waals surface area contributed by atoms with Gasteiger partial charge in [-0.05, 0) is 48.9 Å². The quantitative estimate of drug-likeness (QED) is 0.529. The standard InChI is InChI=1S/C20H26ClN3O5S2/c1-4-13-30(26,27)23-17-10-8-16(9-11-17)22-20(25)15-7-12-18(21)19(14-15)31(28,29)24(5-2)6-3/h7-12,14,23H,4-6,13H2,1-3H3,(H,22,25). The summed E-state index contributed by atoms with van der Waals surface area (Å²) in [5.41, 5.74) is 0.930. The second kappa shape index (κ2) is 10.4. The maximum absolute atomic E-state index is 12.8. The highest BCUT2D eigenvalue weighted by Crippen LogP contribution is 2.26. The third-order valence-corrected chi connectivity index (χ3v) is 8.43. The van der Waals surface area contributed by atoms with Crippen molar-refractivity contribution >= 4 is 48.9 Å². The van der Waals surface area contributed by atoms with Crippen LogP contribution in [-0.4, -0.2) is 45.9 Å². The van der Waals surface area contributed by atoms with Gasteiger partial charge in [0.05, 0.1) is 10.8 Å². The first kappa shape index (κ1) is 25.1. The minimum absolute atomic E-state index is 0.0147. The van der Waals surface area contributed by atoms with Crippen molar-refractivity contribution in [2.24, 2.45) is 0 Å². The van der Waals surface area contributed by atoms with E-state index in [1.165, 1.54) is 34.6 Å². The fourth-order valence-electron chi connectivity index (χ4n) is 2.87. The van der Waals surface area contributed by atoms with Crippen molar-refractivity contribution in [1.29, 1.82) is 0 Å². The van der Waals surface area contributed by atoms with Gasteiger partial charge in [-0.2, -0.15) is 4.31 Å². The van der Waals surface area contributed by atoms with Gasteiger partial charge in [0, 0.05) is 30.0 Å². The third-order valence-electron chi connectivity index (χ3n) is 4.41. The third kappa shape index (κ3) is 6.42. The molecule has 2 N–H and O–H groups in total. The van der Waals surface area contributed by atoms with Crippen molar-refractivity contribution in [2.75, 3.05) is 28.9 Å². The molecule has 2 rings (SSSR count). The zero-order chi connectivity index (χ0) is 23.2. The van der Waals surface area contributed by atoms with Crippen molar-refractivity contribution in [2.45, 2.75) is 32.1 Å². The zero-order valence-electron chi connectivity index (χ0n) is 17.6. The molecule has 0 atom stereocenters. The summed E-state index contributed by atoms with van der Waals surface area (Å²) in [5, 5.41) is 2.70. The van der Waals surface area contributed by atoms with Crippen LogP contribution in [-0.2, 0) is 20.0 Å². The molecule has 0 heterocycles. The molecular weight excluding hydrogens is 462 g/mol. The molecule has 0 aliphatic heterocycles. The van der Waals surface area contributed by atoms with Crippen LogP contribution < -0.4 is 10.0 Å². The van der Waals surface area contributed by atoms with E-state index in [1.807, 2.05) is 0 Å². The Morgan fingerprint density at radius 3 is 2.06 bits per heavy atom. The van der Waals surface area contributed by atoms with E-state index in [4.69, 9.17) is 11.6 Å². The van der Waals surface area contributed by atoms with Crippen molar-refractivity contribution < 1.29 is 21.6 Å². The van der Waals surface area contributed by atoms with Crippen molar-refractivity contribution in [3.8, 4) is 0 Å². The smallest absolute Gasteiger partial charge is 0.255 e. The van der Waals surface area contributed by atoms with E-state index in [0.717, 1.165) is 0 Å². The molecule has 1 amide bonds. The first-order chi connectivity index (χ1) is 14.5. The average Bonchev–Trinajstić information content (AvgIpc) is 2.70. The molecule has 0 aromatic heterocycles. The lowest BCUT2D eigenvalue weighted by molar-refractivity contribution is 0.102. The van der Waals surface area contributed by atoms with E-state index < -0.39 is 26.0 Å². The maximum Gasteiger partial charge on any atom is 0.255 e. The summed E-state index contributed by atoms with van der Waals surface area (Å²) < 4.78 is 53.0. The van der Waals surface area contributed by atoms with E-state index >= 15 is 0 Å². The second-order valence-electron chi connectivity index (χ2n) is 6.69. The van der Waals surface area contributed by atoms with Gasteiger partial charge in [-0.1, -0.05) is 32.4 Å². The van der Waals surface area contributed by atoms with Crippen LogP contribution in [0.2, 0.25) is 5.02 Å². The molecule has 0 unspecified atom stereocenters. The molecule has 0 radical (unpaired) electrons. The Morgan fingerprint density at radius 1 is 0.935 bits per heavy atom. The summed E-state index contributed by atoms with van der Waals surface area (Å²) in [6.45, 7) is 5.77. The predicted molar refractivity (Wildman–Crippen MR) is 124 cm³/mol. The fraction of sp³-hybridized carbons (Fsp3) is 0.350. The number of carbonyl (C=O) groups excluding carboxylic acids is 1. The number of anilines is 2. The van der Waals surface area contributed by atoms with Gasteiger partial charge in [0.25, 0.3) is 5.91 Å². The maximum atomic E-state index is 12.8. The van der Waals surface area contributed by atoms with Crippen LogP contribution in [0.1, 0.15) is 37.6 Å². The lowest BCUT2D eigenvalue weighted by Crippen LogP contribution is -2.31. The minimum atomic E-state index is -3.83. The average molecular weight is 488 g/mol. The van der Waals surface area contributed by atoms with Crippen LogP contribution in [0, 0.1) is 0 Å². The van der Waals surface area contributed by atoms with Crippen LogP contribution in [0.25, 0.3) is 0 Å². The Balaban J connectivity index is 2.21. The number of rotatable bonds is 10. The zero-order valence-corrected chi connectivity index (χ0v) is 19.9. The molecule has 170 valence electrons. The van der Waals surface area contributed by atoms with Gasteiger partial charge >= 0.3 is 0 Å². The van der Waals surface area contributed by atoms with E-state index in [0.29, 0.717) is 17.8 Å². The molecule has 8 nitrogen and oxygen atoms in total. The number of hydrogen-bond acceptors (Lipinski definition) is 5. The summed E-state index contributed by atoms with van der Waals surface area (Å²) in [6, 6.07) is 10.2. The summed E-state index contributed by atoms with van der Waals surface area (Å²) in [7, 11) is -7.24. The summed E-state index contributed by atoms with van der Waals surface area (Å²) in [5.74, 6) is -0.507. The molecule has 11 heteroatoms. The Labute approximate surface area is 188 Å². The van der Waals surface area contributed by atoms with Gasteiger partial charge < -0.3 is 5.32 Å². The number of benzene rings is 2. The van der Waals surface area contributed by atoms with Gasteiger partial charge in [-0.3, -0.25) is 9.52 Å². The monoisotopic (exact) mass is 487 g/mol. The molecule has 0 saturated carbocycles. The number of carbonyl (C=O) groups is 1. The van der Waals surface area contributed by atoms with E-state index in [9.17, 15) is 21.6 Å². The van der Waals surface area contributed by atoms with E-state index in [2.05, 4.69) is 10.0 Å². The molecule has 0 bridgehead atoms. The van der Waals surface area contributed by atoms with Crippen LogP contribution in [0.15, 0.2) is 47.4 Å². The SMILES string of the molecule is CCCS(=O)(=O)Nc1ccc(NC(=O)c2ccc(Cl)c(S(=O)(=O)N(CC)CC)c2)cc1. The number of sulfonamides is 2. The van der Waals surface area contributed by atoms with Crippen molar-refractivity contribution in [1.82, 2.24) is 4.31 Å². The molecule has 0 aliphatic rings. The lowest BCUT2D eigenvalue weighted by Gasteiger charge is -2.19. The number of hydrogen-bond donors (Lipinski definition) is 2. The molecule has 2 aromatic carbocycles. The molecule has 0 aliphatic carbocycles. The number of amides is 1. The highest BCUT2D eigenvalue weighted by Gasteiger charge is 2.25. The van der Waals surface area contributed by atoms with Crippen LogP contribution in [0.3, 0.4) is 0 Å². The van der Waals surface area contributed by atoms with Crippen molar-refractivity contribution in [3.63, 3.8) is 0 Å². The summed E-state index contributed by atoms with van der Waals surface area (Å²) in [4.78, 5) is 12.5. The first-order valence-corrected chi connectivity index (χ1v) is 13.2. The highest BCUT2D eigenvalue weighted by molar-refractivity contribution is 7.92. The Hall–Kier alpha value is -2.14. The fourth-order valence-corrected chi connectivity index (χ4v) is 5.96. The molecule has 31 heavy (non-hydrogen) atoms. The van der Waals surface area contributed by atoms with Gasteiger partial charge in [0.1, 0.15) is 4.90 Å². The molecule has 2 aromatic rings. The second-order valence-corrected chi connectivity index (χ2v) is 10.8. The molecular formula is C20H26ClN3O5S2. The highest BCUT2D eigenvalue weighted by atomic mass is 35.5. The minimum Gasteiger partial charge on any atom is -0.322 e. The number of nitrogens with one attached hydrogen (secondary N) is 2. The molecule has 0 saturated heterocycles. The number of nitrogens with zero attached hydrogens (tertiary/aromatic N) is 1. The topological polar surface area (TPSA) is 113 Å². The predicted octanol–water partition coefficient (Wildman–Crippen LogP) is 3.77. The Bertz CT molecular complexity index is 1130. The van der Waals surface area contributed by atoms with Gasteiger partial charge in [0.15, 0.2) is 0 Å². The largest absolute Gasteiger partial charge is 0.322 e. The van der Waals surface area contributed by atoms with Gasteiger partial charge in [0.2, 0.25) is 20.0 Å².